The van der Waals surface area contributed by atoms with Crippen molar-refractivity contribution < 1.29 is 0 Å². The summed E-state index contributed by atoms with van der Waals surface area (Å²) in [5.74, 6) is 1.86. The molecule has 4 rings (SSSR count). The number of hydrogen-bond donors (Lipinski definition) is 1. The number of hydrogen-bond acceptors (Lipinski definition) is 2. The summed E-state index contributed by atoms with van der Waals surface area (Å²) in [6.07, 6.45) is 8.04. The standard InChI is InChI=1S/C17H30N2/c1-4-18-15-7-9-19(10-8-15)12-13-5-6-14-11-16(13)17(14,2)3/h5,14-16,18H,4,6-12H2,1-3H3. The van der Waals surface area contributed by atoms with Crippen molar-refractivity contribution in [3.05, 3.63) is 11.6 Å². The third-order valence-electron chi connectivity index (χ3n) is 6.07. The maximum absolute atomic E-state index is 3.60. The van der Waals surface area contributed by atoms with E-state index in [1.807, 2.05) is 0 Å². The van der Waals surface area contributed by atoms with Crippen molar-refractivity contribution in [1.29, 1.82) is 0 Å². The maximum Gasteiger partial charge on any atom is 0.0195 e. The molecule has 2 nitrogen and oxygen atoms in total. The van der Waals surface area contributed by atoms with Gasteiger partial charge in [0.15, 0.2) is 0 Å². The first-order valence-electron chi connectivity index (χ1n) is 8.26. The fourth-order valence-corrected chi connectivity index (χ4v) is 4.50. The quantitative estimate of drug-likeness (QED) is 0.783. The summed E-state index contributed by atoms with van der Waals surface area (Å²) in [6.45, 7) is 12.1. The van der Waals surface area contributed by atoms with Gasteiger partial charge >= 0.3 is 0 Å². The molecule has 19 heavy (non-hydrogen) atoms. The van der Waals surface area contributed by atoms with Crippen molar-refractivity contribution in [1.82, 2.24) is 10.2 Å². The van der Waals surface area contributed by atoms with Gasteiger partial charge in [0.1, 0.15) is 0 Å². The molecular weight excluding hydrogens is 232 g/mol. The highest BCUT2D eigenvalue weighted by Gasteiger charge is 2.51. The summed E-state index contributed by atoms with van der Waals surface area (Å²) in [7, 11) is 0. The largest absolute Gasteiger partial charge is 0.314 e. The molecule has 2 heteroatoms. The van der Waals surface area contributed by atoms with E-state index in [1.54, 1.807) is 5.57 Å². The highest BCUT2D eigenvalue weighted by atomic mass is 15.1. The van der Waals surface area contributed by atoms with Crippen LogP contribution in [0.3, 0.4) is 0 Å². The Morgan fingerprint density at radius 3 is 2.63 bits per heavy atom. The Balaban J connectivity index is 1.52. The first-order valence-corrected chi connectivity index (χ1v) is 8.26. The van der Waals surface area contributed by atoms with Crippen LogP contribution in [0.2, 0.25) is 0 Å². The first kappa shape index (κ1) is 13.6. The van der Waals surface area contributed by atoms with Gasteiger partial charge in [-0.1, -0.05) is 32.4 Å². The molecule has 0 aromatic heterocycles. The van der Waals surface area contributed by atoms with Gasteiger partial charge in [0, 0.05) is 12.6 Å². The lowest BCUT2D eigenvalue weighted by atomic mass is 9.49. The van der Waals surface area contributed by atoms with Crippen LogP contribution in [0, 0.1) is 17.3 Å². The van der Waals surface area contributed by atoms with Gasteiger partial charge in [-0.25, -0.2) is 0 Å². The molecule has 0 aromatic rings. The maximum atomic E-state index is 3.60. The molecule has 2 fully saturated rings. The van der Waals surface area contributed by atoms with E-state index in [-0.39, 0.29) is 0 Å². The molecule has 0 radical (unpaired) electrons. The normalized spacial score (nSPS) is 34.8. The number of nitrogens with one attached hydrogen (secondary N) is 1. The summed E-state index contributed by atoms with van der Waals surface area (Å²) in [6, 6.07) is 0.770. The molecular formula is C17H30N2. The van der Waals surface area contributed by atoms with E-state index < -0.39 is 0 Å². The number of nitrogens with zero attached hydrogens (tertiary/aromatic N) is 1. The van der Waals surface area contributed by atoms with Gasteiger partial charge in [-0.3, -0.25) is 4.90 Å². The SMILES string of the molecule is CCNC1CCN(CC2=CCC3CC2C3(C)C)CC1. The molecule has 4 aliphatic rings. The van der Waals surface area contributed by atoms with Crippen LogP contribution in [0.4, 0.5) is 0 Å². The van der Waals surface area contributed by atoms with Crippen molar-refractivity contribution in [3.8, 4) is 0 Å². The van der Waals surface area contributed by atoms with Gasteiger partial charge in [-0.05, 0) is 62.6 Å². The molecule has 1 saturated heterocycles. The highest BCUT2D eigenvalue weighted by Crippen LogP contribution is 2.59. The fraction of sp³-hybridized carbons (Fsp3) is 0.882. The van der Waals surface area contributed by atoms with Crippen LogP contribution in [0.15, 0.2) is 11.6 Å². The smallest absolute Gasteiger partial charge is 0.0195 e. The lowest BCUT2D eigenvalue weighted by molar-refractivity contribution is -0.0113. The molecule has 2 atom stereocenters. The number of rotatable bonds is 4. The van der Waals surface area contributed by atoms with E-state index in [1.165, 1.54) is 45.3 Å². The molecule has 1 heterocycles. The van der Waals surface area contributed by atoms with Crippen molar-refractivity contribution in [2.45, 2.75) is 52.5 Å². The van der Waals surface area contributed by atoms with E-state index in [0.29, 0.717) is 5.41 Å². The molecule has 2 bridgehead atoms. The van der Waals surface area contributed by atoms with Gasteiger partial charge in [-0.2, -0.15) is 0 Å². The van der Waals surface area contributed by atoms with Gasteiger partial charge in [-0.15, -0.1) is 0 Å². The van der Waals surface area contributed by atoms with Crippen LogP contribution in [-0.4, -0.2) is 37.1 Å². The topological polar surface area (TPSA) is 15.3 Å². The van der Waals surface area contributed by atoms with E-state index in [9.17, 15) is 0 Å². The Kier molecular flexibility index (Phi) is 3.74. The number of allylic oxidation sites excluding steroid dienone is 1. The summed E-state index contributed by atoms with van der Waals surface area (Å²) in [4.78, 5) is 2.69. The van der Waals surface area contributed by atoms with E-state index in [2.05, 4.69) is 37.1 Å². The molecule has 0 spiro atoms. The molecule has 0 amide bonds. The lowest BCUT2D eigenvalue weighted by Gasteiger charge is -2.57. The van der Waals surface area contributed by atoms with Crippen LogP contribution in [0.25, 0.3) is 0 Å². The molecule has 108 valence electrons. The second kappa shape index (κ2) is 5.21. The molecule has 2 unspecified atom stereocenters. The van der Waals surface area contributed by atoms with Gasteiger partial charge in [0.05, 0.1) is 0 Å². The molecule has 0 aromatic carbocycles. The van der Waals surface area contributed by atoms with Gasteiger partial charge < -0.3 is 5.32 Å². The second-order valence-corrected chi connectivity index (χ2v) is 7.43. The van der Waals surface area contributed by atoms with Gasteiger partial charge in [0.25, 0.3) is 0 Å². The predicted octanol–water partition coefficient (Wildman–Crippen LogP) is 3.05. The van der Waals surface area contributed by atoms with Crippen molar-refractivity contribution >= 4 is 0 Å². The van der Waals surface area contributed by atoms with Crippen molar-refractivity contribution in [2.75, 3.05) is 26.2 Å². The minimum absolute atomic E-state index is 0.589. The number of likely N-dealkylation sites (tertiary alicyclic amines) is 1. The summed E-state index contributed by atoms with van der Waals surface area (Å²) < 4.78 is 0. The van der Waals surface area contributed by atoms with Crippen molar-refractivity contribution in [3.63, 3.8) is 0 Å². The zero-order chi connectivity index (χ0) is 13.5. The molecule has 1 N–H and O–H groups in total. The molecule has 1 saturated carbocycles. The zero-order valence-corrected chi connectivity index (χ0v) is 12.9. The predicted molar refractivity (Wildman–Crippen MR) is 81.2 cm³/mol. The Labute approximate surface area is 118 Å². The number of fused-ring (bicyclic) bond motifs is 1. The Hall–Kier alpha value is -0.340. The monoisotopic (exact) mass is 262 g/mol. The third kappa shape index (κ3) is 2.50. The Morgan fingerprint density at radius 1 is 1.32 bits per heavy atom. The lowest BCUT2D eigenvalue weighted by Crippen LogP contribution is -2.51. The minimum Gasteiger partial charge on any atom is -0.314 e. The Bertz CT molecular complexity index is 350. The number of piperidine rings is 1. The molecule has 3 aliphatic carbocycles. The van der Waals surface area contributed by atoms with E-state index in [0.717, 1.165) is 24.4 Å². The van der Waals surface area contributed by atoms with E-state index >= 15 is 0 Å². The van der Waals surface area contributed by atoms with Crippen LogP contribution >= 0.6 is 0 Å². The average molecular weight is 262 g/mol. The van der Waals surface area contributed by atoms with Gasteiger partial charge in [0.2, 0.25) is 0 Å². The minimum atomic E-state index is 0.589. The highest BCUT2D eigenvalue weighted by molar-refractivity contribution is 5.24. The summed E-state index contributed by atoms with van der Waals surface area (Å²) in [5.41, 5.74) is 2.35. The van der Waals surface area contributed by atoms with Crippen LogP contribution < -0.4 is 5.32 Å². The Morgan fingerprint density at radius 2 is 2.05 bits per heavy atom. The summed E-state index contributed by atoms with van der Waals surface area (Å²) in [5, 5.41) is 3.60. The third-order valence-corrected chi connectivity index (χ3v) is 6.07. The van der Waals surface area contributed by atoms with E-state index in [4.69, 9.17) is 0 Å². The second-order valence-electron chi connectivity index (χ2n) is 7.43. The first-order chi connectivity index (χ1) is 9.11. The average Bonchev–Trinajstić information content (AvgIpc) is 2.41. The molecule has 1 aliphatic heterocycles. The van der Waals surface area contributed by atoms with Crippen LogP contribution in [0.5, 0.6) is 0 Å². The zero-order valence-electron chi connectivity index (χ0n) is 12.9. The van der Waals surface area contributed by atoms with Crippen LogP contribution in [0.1, 0.15) is 46.5 Å². The van der Waals surface area contributed by atoms with Crippen molar-refractivity contribution in [2.24, 2.45) is 17.3 Å². The summed E-state index contributed by atoms with van der Waals surface area (Å²) >= 11 is 0. The van der Waals surface area contributed by atoms with Crippen LogP contribution in [-0.2, 0) is 0 Å². The fourth-order valence-electron chi connectivity index (χ4n) is 4.50.